The van der Waals surface area contributed by atoms with E-state index in [0.29, 0.717) is 18.9 Å². The first-order chi connectivity index (χ1) is 10.2. The van der Waals surface area contributed by atoms with Gasteiger partial charge in [0.15, 0.2) is 0 Å². The van der Waals surface area contributed by atoms with E-state index < -0.39 is 0 Å². The molecule has 0 saturated carbocycles. The number of fused-ring (bicyclic) bond motifs is 1. The van der Waals surface area contributed by atoms with Gasteiger partial charge in [-0.15, -0.1) is 0 Å². The van der Waals surface area contributed by atoms with Gasteiger partial charge in [-0.1, -0.05) is 31.2 Å². The van der Waals surface area contributed by atoms with E-state index in [9.17, 15) is 9.59 Å². The zero-order chi connectivity index (χ0) is 14.8. The lowest BCUT2D eigenvalue weighted by atomic mass is 9.82. The van der Waals surface area contributed by atoms with Gasteiger partial charge in [-0.05, 0) is 36.8 Å². The highest BCUT2D eigenvalue weighted by molar-refractivity contribution is 5.94. The molecule has 1 saturated heterocycles. The van der Waals surface area contributed by atoms with Crippen LogP contribution < -0.4 is 5.32 Å². The molecule has 2 aliphatic rings. The van der Waals surface area contributed by atoms with Crippen LogP contribution in [0.1, 0.15) is 43.2 Å². The van der Waals surface area contributed by atoms with E-state index >= 15 is 0 Å². The fraction of sp³-hybridized carbons (Fsp3) is 0.529. The van der Waals surface area contributed by atoms with Gasteiger partial charge in [-0.3, -0.25) is 9.59 Å². The topological polar surface area (TPSA) is 49.4 Å². The number of hydrogen-bond acceptors (Lipinski definition) is 2. The Kier molecular flexibility index (Phi) is 3.95. The minimum Gasteiger partial charge on any atom is -0.343 e. The molecule has 4 nitrogen and oxygen atoms in total. The first kappa shape index (κ1) is 14.1. The second-order valence-electron chi connectivity index (χ2n) is 6.04. The molecule has 1 aliphatic heterocycles. The summed E-state index contributed by atoms with van der Waals surface area (Å²) in [5, 5.41) is 2.77. The second-order valence-corrected chi connectivity index (χ2v) is 6.04. The van der Waals surface area contributed by atoms with Crippen molar-refractivity contribution in [3.8, 4) is 0 Å². The minimum absolute atomic E-state index is 0.0365. The van der Waals surface area contributed by atoms with Crippen LogP contribution in [0, 0.1) is 0 Å². The molecule has 1 aliphatic carbocycles. The third-order valence-corrected chi connectivity index (χ3v) is 4.62. The molecule has 1 aromatic carbocycles. The molecule has 1 aromatic rings. The van der Waals surface area contributed by atoms with Gasteiger partial charge in [0.05, 0.1) is 6.54 Å². The lowest BCUT2D eigenvalue weighted by Gasteiger charge is -2.36. The monoisotopic (exact) mass is 286 g/mol. The minimum atomic E-state index is -0.343. The van der Waals surface area contributed by atoms with Gasteiger partial charge in [0.25, 0.3) is 0 Å². The lowest BCUT2D eigenvalue weighted by molar-refractivity contribution is -0.144. The number of nitrogens with zero attached hydrogens (tertiary/aromatic N) is 1. The lowest BCUT2D eigenvalue weighted by Crippen LogP contribution is -2.58. The maximum atomic E-state index is 12.4. The Hall–Kier alpha value is -1.84. The predicted molar refractivity (Wildman–Crippen MR) is 80.9 cm³/mol. The van der Waals surface area contributed by atoms with Gasteiger partial charge in [0.1, 0.15) is 6.04 Å². The zero-order valence-corrected chi connectivity index (χ0v) is 12.5. The summed E-state index contributed by atoms with van der Waals surface area (Å²) in [6.45, 7) is 2.80. The SMILES string of the molecule is CCC1NC(=O)CN(CC2CCCc3ccccc32)C1=O. The van der Waals surface area contributed by atoms with Crippen molar-refractivity contribution in [1.82, 2.24) is 10.2 Å². The quantitative estimate of drug-likeness (QED) is 0.922. The molecule has 2 amide bonds. The van der Waals surface area contributed by atoms with Gasteiger partial charge < -0.3 is 10.2 Å². The predicted octanol–water partition coefficient (Wildman–Crippen LogP) is 1.84. The molecule has 1 heterocycles. The summed E-state index contributed by atoms with van der Waals surface area (Å²) in [6.07, 6.45) is 4.04. The number of hydrogen-bond donors (Lipinski definition) is 1. The van der Waals surface area contributed by atoms with Gasteiger partial charge in [-0.25, -0.2) is 0 Å². The van der Waals surface area contributed by atoms with Crippen molar-refractivity contribution < 1.29 is 9.59 Å². The van der Waals surface area contributed by atoms with Crippen LogP contribution in [0.3, 0.4) is 0 Å². The molecule has 21 heavy (non-hydrogen) atoms. The molecule has 0 spiro atoms. The summed E-state index contributed by atoms with van der Waals surface area (Å²) in [5.74, 6) is 0.396. The van der Waals surface area contributed by atoms with Crippen molar-refractivity contribution in [1.29, 1.82) is 0 Å². The van der Waals surface area contributed by atoms with Gasteiger partial charge in [0.2, 0.25) is 11.8 Å². The van der Waals surface area contributed by atoms with Crippen LogP contribution in [-0.2, 0) is 16.0 Å². The molecule has 0 aromatic heterocycles. The molecule has 0 radical (unpaired) electrons. The van der Waals surface area contributed by atoms with Crippen molar-refractivity contribution in [2.24, 2.45) is 0 Å². The van der Waals surface area contributed by atoms with Crippen LogP contribution in [-0.4, -0.2) is 35.8 Å². The van der Waals surface area contributed by atoms with Crippen LogP contribution >= 0.6 is 0 Å². The number of benzene rings is 1. The van der Waals surface area contributed by atoms with Crippen molar-refractivity contribution in [3.05, 3.63) is 35.4 Å². The second kappa shape index (κ2) is 5.88. The number of amides is 2. The summed E-state index contributed by atoms with van der Waals surface area (Å²) in [7, 11) is 0. The number of aryl methyl sites for hydroxylation is 1. The molecular formula is C17H22N2O2. The summed E-state index contributed by atoms with van der Waals surface area (Å²) in [4.78, 5) is 25.9. The highest BCUT2D eigenvalue weighted by atomic mass is 16.2. The van der Waals surface area contributed by atoms with E-state index in [1.807, 2.05) is 6.92 Å². The summed E-state index contributed by atoms with van der Waals surface area (Å²) >= 11 is 0. The summed E-state index contributed by atoms with van der Waals surface area (Å²) < 4.78 is 0. The highest BCUT2D eigenvalue weighted by Crippen LogP contribution is 2.32. The average Bonchev–Trinajstić information content (AvgIpc) is 2.51. The van der Waals surface area contributed by atoms with Crippen LogP contribution in [0.25, 0.3) is 0 Å². The molecular weight excluding hydrogens is 264 g/mol. The Morgan fingerprint density at radius 3 is 2.90 bits per heavy atom. The third-order valence-electron chi connectivity index (χ3n) is 4.62. The Balaban J connectivity index is 1.77. The van der Waals surface area contributed by atoms with E-state index in [0.717, 1.165) is 19.3 Å². The van der Waals surface area contributed by atoms with Crippen LogP contribution in [0.2, 0.25) is 0 Å². The number of carbonyl (C=O) groups excluding carboxylic acids is 2. The fourth-order valence-electron chi connectivity index (χ4n) is 3.51. The number of nitrogens with one attached hydrogen (secondary N) is 1. The van der Waals surface area contributed by atoms with Crippen molar-refractivity contribution in [2.75, 3.05) is 13.1 Å². The number of rotatable bonds is 3. The Bertz CT molecular complexity index is 555. The van der Waals surface area contributed by atoms with E-state index in [1.165, 1.54) is 11.1 Å². The molecule has 2 unspecified atom stereocenters. The van der Waals surface area contributed by atoms with Gasteiger partial charge in [-0.2, -0.15) is 0 Å². The van der Waals surface area contributed by atoms with Crippen LogP contribution in [0.5, 0.6) is 0 Å². The fourth-order valence-corrected chi connectivity index (χ4v) is 3.51. The maximum absolute atomic E-state index is 12.4. The van der Waals surface area contributed by atoms with E-state index in [1.54, 1.807) is 4.90 Å². The number of piperazine rings is 1. The molecule has 1 N–H and O–H groups in total. The first-order valence-corrected chi connectivity index (χ1v) is 7.85. The molecule has 3 rings (SSSR count). The third kappa shape index (κ3) is 2.80. The van der Waals surface area contributed by atoms with Gasteiger partial charge in [0, 0.05) is 12.5 Å². The van der Waals surface area contributed by atoms with Crippen molar-refractivity contribution in [3.63, 3.8) is 0 Å². The van der Waals surface area contributed by atoms with E-state index in [2.05, 4.69) is 29.6 Å². The standard InChI is InChI=1S/C17H22N2O2/c1-2-15-17(21)19(11-16(20)18-15)10-13-8-5-7-12-6-3-4-9-14(12)13/h3-4,6,9,13,15H,2,5,7-8,10-11H2,1H3,(H,18,20). The Morgan fingerprint density at radius 2 is 2.10 bits per heavy atom. The smallest absolute Gasteiger partial charge is 0.245 e. The molecule has 4 heteroatoms. The van der Waals surface area contributed by atoms with E-state index in [4.69, 9.17) is 0 Å². The molecule has 112 valence electrons. The largest absolute Gasteiger partial charge is 0.343 e. The van der Waals surface area contributed by atoms with Crippen LogP contribution in [0.4, 0.5) is 0 Å². The average molecular weight is 286 g/mol. The van der Waals surface area contributed by atoms with Crippen molar-refractivity contribution >= 4 is 11.8 Å². The Morgan fingerprint density at radius 1 is 1.29 bits per heavy atom. The van der Waals surface area contributed by atoms with Gasteiger partial charge >= 0.3 is 0 Å². The first-order valence-electron chi connectivity index (χ1n) is 7.85. The summed E-state index contributed by atoms with van der Waals surface area (Å²) in [5.41, 5.74) is 2.75. The van der Waals surface area contributed by atoms with Crippen LogP contribution in [0.15, 0.2) is 24.3 Å². The molecule has 0 bridgehead atoms. The maximum Gasteiger partial charge on any atom is 0.245 e. The highest BCUT2D eigenvalue weighted by Gasteiger charge is 2.33. The number of carbonyl (C=O) groups is 2. The normalized spacial score (nSPS) is 25.5. The summed E-state index contributed by atoms with van der Waals surface area (Å²) in [6, 6.07) is 8.15. The van der Waals surface area contributed by atoms with Crippen molar-refractivity contribution in [2.45, 2.75) is 44.6 Å². The molecule has 2 atom stereocenters. The Labute approximate surface area is 125 Å². The molecule has 1 fully saturated rings. The van der Waals surface area contributed by atoms with E-state index in [-0.39, 0.29) is 24.4 Å². The zero-order valence-electron chi connectivity index (χ0n) is 12.5.